The number of ether oxygens (including phenoxy) is 4. The topological polar surface area (TPSA) is 86.3 Å². The number of allylic oxidation sites excluding steroid dienone is 1. The molecule has 1 fully saturated rings. The monoisotopic (exact) mass is 478 g/mol. The van der Waals surface area contributed by atoms with Gasteiger partial charge in [-0.2, -0.15) is 0 Å². The van der Waals surface area contributed by atoms with Crippen LogP contribution in [0.25, 0.3) is 0 Å². The minimum Gasteiger partial charge on any atom is -0.466 e. The SMILES string of the molecule is CCOC(=O)C1=C(COCCN2CCOCC2)NC(C)=C(C(=O)OC)C1c1ccccc1Cl. The number of methoxy groups -OCH3 is 1. The van der Waals surface area contributed by atoms with Gasteiger partial charge < -0.3 is 24.3 Å². The number of dihydropyridines is 1. The smallest absolute Gasteiger partial charge is 0.336 e. The van der Waals surface area contributed by atoms with E-state index in [2.05, 4.69) is 10.2 Å². The third-order valence-corrected chi connectivity index (χ3v) is 6.01. The number of hydrogen-bond donors (Lipinski definition) is 1. The number of carbonyl (C=O) groups is 2. The third-order valence-electron chi connectivity index (χ3n) is 5.66. The van der Waals surface area contributed by atoms with Gasteiger partial charge in [-0.25, -0.2) is 9.59 Å². The van der Waals surface area contributed by atoms with Crippen molar-refractivity contribution in [3.8, 4) is 0 Å². The van der Waals surface area contributed by atoms with Crippen molar-refractivity contribution in [2.45, 2.75) is 19.8 Å². The van der Waals surface area contributed by atoms with Crippen molar-refractivity contribution in [1.29, 1.82) is 0 Å². The van der Waals surface area contributed by atoms with Crippen LogP contribution < -0.4 is 5.32 Å². The third kappa shape index (κ3) is 6.14. The molecular formula is C24H31ClN2O6. The van der Waals surface area contributed by atoms with Crippen LogP contribution >= 0.6 is 11.6 Å². The molecule has 1 aromatic rings. The standard InChI is InChI=1S/C24H31ClN2O6/c1-4-33-24(29)22-19(15-32-14-11-27-9-12-31-13-10-27)26-16(2)20(23(28)30-3)21(22)17-7-5-6-8-18(17)25/h5-8,21,26H,4,9-15H2,1-3H3. The molecule has 1 unspecified atom stereocenters. The van der Waals surface area contributed by atoms with Crippen LogP contribution in [0.4, 0.5) is 0 Å². The number of nitrogens with one attached hydrogen (secondary N) is 1. The zero-order chi connectivity index (χ0) is 23.8. The zero-order valence-corrected chi connectivity index (χ0v) is 20.1. The summed E-state index contributed by atoms with van der Waals surface area (Å²) in [5.74, 6) is -1.82. The number of esters is 2. The lowest BCUT2D eigenvalue weighted by Crippen LogP contribution is -2.39. The van der Waals surface area contributed by atoms with Gasteiger partial charge in [0.25, 0.3) is 0 Å². The van der Waals surface area contributed by atoms with Crippen molar-refractivity contribution in [2.24, 2.45) is 0 Å². The van der Waals surface area contributed by atoms with Gasteiger partial charge in [0.1, 0.15) is 0 Å². The van der Waals surface area contributed by atoms with Gasteiger partial charge in [0.2, 0.25) is 0 Å². The second-order valence-corrected chi connectivity index (χ2v) is 8.14. The maximum absolute atomic E-state index is 13.1. The Bertz CT molecular complexity index is 923. The molecule has 1 atom stereocenters. The molecule has 2 aliphatic rings. The second-order valence-electron chi connectivity index (χ2n) is 7.73. The van der Waals surface area contributed by atoms with Crippen molar-refractivity contribution in [2.75, 3.05) is 59.8 Å². The average molecular weight is 479 g/mol. The van der Waals surface area contributed by atoms with Crippen molar-refractivity contribution < 1.29 is 28.5 Å². The molecule has 0 aliphatic carbocycles. The molecule has 8 nitrogen and oxygen atoms in total. The second kappa shape index (κ2) is 12.2. The number of benzene rings is 1. The van der Waals surface area contributed by atoms with Gasteiger partial charge in [-0.3, -0.25) is 4.90 Å². The molecule has 0 radical (unpaired) electrons. The van der Waals surface area contributed by atoms with Gasteiger partial charge in [0.15, 0.2) is 0 Å². The van der Waals surface area contributed by atoms with E-state index in [9.17, 15) is 9.59 Å². The van der Waals surface area contributed by atoms with E-state index < -0.39 is 17.9 Å². The summed E-state index contributed by atoms with van der Waals surface area (Å²) >= 11 is 6.51. The number of carbonyl (C=O) groups excluding carboxylic acids is 2. The van der Waals surface area contributed by atoms with Crippen LogP contribution in [0.2, 0.25) is 5.02 Å². The van der Waals surface area contributed by atoms with Crippen molar-refractivity contribution in [3.63, 3.8) is 0 Å². The lowest BCUT2D eigenvalue weighted by atomic mass is 9.80. The molecule has 0 aromatic heterocycles. The normalized spacial score (nSPS) is 19.3. The fourth-order valence-electron chi connectivity index (χ4n) is 4.05. The van der Waals surface area contributed by atoms with Crippen molar-refractivity contribution in [3.05, 3.63) is 57.4 Å². The Kier molecular flexibility index (Phi) is 9.31. The van der Waals surface area contributed by atoms with E-state index in [0.29, 0.717) is 39.7 Å². The number of nitrogens with zero attached hydrogens (tertiary/aromatic N) is 1. The number of halogens is 1. The minimum atomic E-state index is -0.746. The molecular weight excluding hydrogens is 448 g/mol. The van der Waals surface area contributed by atoms with Gasteiger partial charge in [-0.1, -0.05) is 29.8 Å². The fourth-order valence-corrected chi connectivity index (χ4v) is 4.30. The van der Waals surface area contributed by atoms with E-state index in [0.717, 1.165) is 32.8 Å². The van der Waals surface area contributed by atoms with E-state index in [4.69, 9.17) is 30.5 Å². The van der Waals surface area contributed by atoms with Gasteiger partial charge in [-0.15, -0.1) is 0 Å². The summed E-state index contributed by atoms with van der Waals surface area (Å²) in [6.07, 6.45) is 0. The Morgan fingerprint density at radius 2 is 1.91 bits per heavy atom. The van der Waals surface area contributed by atoms with Gasteiger partial charge in [0, 0.05) is 30.4 Å². The predicted molar refractivity (Wildman–Crippen MR) is 124 cm³/mol. The largest absolute Gasteiger partial charge is 0.466 e. The van der Waals surface area contributed by atoms with Gasteiger partial charge in [0.05, 0.1) is 62.9 Å². The van der Waals surface area contributed by atoms with Crippen LogP contribution in [-0.2, 0) is 28.5 Å². The molecule has 2 heterocycles. The zero-order valence-electron chi connectivity index (χ0n) is 19.3. The molecule has 1 saturated heterocycles. The quantitative estimate of drug-likeness (QED) is 0.428. The first-order valence-corrected chi connectivity index (χ1v) is 11.4. The van der Waals surface area contributed by atoms with Gasteiger partial charge >= 0.3 is 11.9 Å². The van der Waals surface area contributed by atoms with Crippen molar-refractivity contribution >= 4 is 23.5 Å². The maximum Gasteiger partial charge on any atom is 0.336 e. The number of morpholine rings is 1. The lowest BCUT2D eigenvalue weighted by Gasteiger charge is -2.32. The molecule has 3 rings (SSSR count). The molecule has 1 aromatic carbocycles. The van der Waals surface area contributed by atoms with Gasteiger partial charge in [-0.05, 0) is 25.5 Å². The number of rotatable bonds is 9. The molecule has 0 bridgehead atoms. The molecule has 0 spiro atoms. The predicted octanol–water partition coefficient (Wildman–Crippen LogP) is 2.64. The van der Waals surface area contributed by atoms with Crippen molar-refractivity contribution in [1.82, 2.24) is 10.2 Å². The van der Waals surface area contributed by atoms with E-state index in [1.807, 2.05) is 6.07 Å². The molecule has 180 valence electrons. The van der Waals surface area contributed by atoms with Crippen LogP contribution in [0.1, 0.15) is 25.3 Å². The summed E-state index contributed by atoms with van der Waals surface area (Å²) in [5.41, 5.74) is 2.35. The molecule has 1 N–H and O–H groups in total. The average Bonchev–Trinajstić information content (AvgIpc) is 2.82. The Hall–Kier alpha value is -2.39. The van der Waals surface area contributed by atoms with Crippen LogP contribution in [0.15, 0.2) is 46.8 Å². The van der Waals surface area contributed by atoms with Crippen LogP contribution in [0.3, 0.4) is 0 Å². The Morgan fingerprint density at radius 3 is 2.58 bits per heavy atom. The van der Waals surface area contributed by atoms with E-state index in [1.54, 1.807) is 32.0 Å². The summed E-state index contributed by atoms with van der Waals surface area (Å²) in [4.78, 5) is 28.2. The molecule has 0 saturated carbocycles. The Labute approximate surface area is 199 Å². The first kappa shape index (κ1) is 25.2. The first-order chi connectivity index (χ1) is 16.0. The summed E-state index contributed by atoms with van der Waals surface area (Å²) in [7, 11) is 1.31. The maximum atomic E-state index is 13.1. The van der Waals surface area contributed by atoms with Crippen LogP contribution in [0, 0.1) is 0 Å². The minimum absolute atomic E-state index is 0.158. The summed E-state index contributed by atoms with van der Waals surface area (Å²) < 4.78 is 21.7. The highest BCUT2D eigenvalue weighted by atomic mass is 35.5. The number of hydrogen-bond acceptors (Lipinski definition) is 8. The molecule has 2 aliphatic heterocycles. The van der Waals surface area contributed by atoms with E-state index in [-0.39, 0.29) is 13.2 Å². The first-order valence-electron chi connectivity index (χ1n) is 11.1. The summed E-state index contributed by atoms with van der Waals surface area (Å²) in [6.45, 7) is 8.30. The molecule has 0 amide bonds. The van der Waals surface area contributed by atoms with E-state index in [1.165, 1.54) is 7.11 Å². The fraction of sp³-hybridized carbons (Fsp3) is 0.500. The summed E-state index contributed by atoms with van der Waals surface area (Å²) in [5, 5.41) is 3.62. The Balaban J connectivity index is 1.93. The van der Waals surface area contributed by atoms with Crippen LogP contribution in [0.5, 0.6) is 0 Å². The highest BCUT2D eigenvalue weighted by Crippen LogP contribution is 2.41. The highest BCUT2D eigenvalue weighted by molar-refractivity contribution is 6.31. The summed E-state index contributed by atoms with van der Waals surface area (Å²) in [6, 6.07) is 7.13. The van der Waals surface area contributed by atoms with Crippen LogP contribution in [-0.4, -0.2) is 76.6 Å². The molecule has 9 heteroatoms. The van der Waals surface area contributed by atoms with E-state index >= 15 is 0 Å². The Morgan fingerprint density at radius 1 is 1.18 bits per heavy atom. The lowest BCUT2D eigenvalue weighted by molar-refractivity contribution is -0.139. The molecule has 33 heavy (non-hydrogen) atoms. The highest BCUT2D eigenvalue weighted by Gasteiger charge is 2.39.